The fraction of sp³-hybridized carbons (Fsp3) is 0.571. The topological polar surface area (TPSA) is 99.6 Å². The Bertz CT molecular complexity index is 589. The van der Waals surface area contributed by atoms with Crippen LogP contribution in [0, 0.1) is 11.3 Å². The molecule has 2 rings (SSSR count). The number of piperidine rings is 1. The fourth-order valence-corrected chi connectivity index (χ4v) is 3.56. The third-order valence-electron chi connectivity index (χ3n) is 3.47. The standard InChI is InChI=1S/C14H19N3O3S/c1-3-20-13(18)10-11(16)9(7-15)21-12(10)17-6-4-5-14(2,19)8-17/h19H,3-6,8,16H2,1-2H3. The lowest BCUT2D eigenvalue weighted by Gasteiger charge is -2.37. The molecule has 1 saturated heterocycles. The Morgan fingerprint density at radius 1 is 1.67 bits per heavy atom. The first-order valence-electron chi connectivity index (χ1n) is 6.86. The molecule has 7 heteroatoms. The molecule has 0 saturated carbocycles. The van der Waals surface area contributed by atoms with E-state index in [1.54, 1.807) is 13.8 Å². The lowest BCUT2D eigenvalue weighted by molar-refractivity contribution is 0.0442. The molecule has 1 fully saturated rings. The van der Waals surface area contributed by atoms with Crippen LogP contribution in [0.25, 0.3) is 0 Å². The van der Waals surface area contributed by atoms with Crippen molar-refractivity contribution in [1.82, 2.24) is 0 Å². The predicted molar refractivity (Wildman–Crippen MR) is 81.5 cm³/mol. The van der Waals surface area contributed by atoms with Crippen LogP contribution >= 0.6 is 11.3 Å². The van der Waals surface area contributed by atoms with Gasteiger partial charge in [-0.1, -0.05) is 0 Å². The third-order valence-corrected chi connectivity index (χ3v) is 4.64. The van der Waals surface area contributed by atoms with E-state index in [4.69, 9.17) is 15.7 Å². The number of hydrogen-bond acceptors (Lipinski definition) is 7. The largest absolute Gasteiger partial charge is 0.462 e. The summed E-state index contributed by atoms with van der Waals surface area (Å²) >= 11 is 1.18. The third kappa shape index (κ3) is 3.12. The fourth-order valence-electron chi connectivity index (χ4n) is 2.53. The number of β-amino-alcohol motifs (C(OH)–C–C–N with tert-alkyl or cyclic N) is 1. The molecule has 0 spiro atoms. The molecule has 6 nitrogen and oxygen atoms in total. The zero-order valence-corrected chi connectivity index (χ0v) is 13.0. The molecule has 2 heterocycles. The van der Waals surface area contributed by atoms with Gasteiger partial charge in [0.05, 0.1) is 17.9 Å². The van der Waals surface area contributed by atoms with Gasteiger partial charge in [-0.2, -0.15) is 5.26 Å². The highest BCUT2D eigenvalue weighted by Crippen LogP contribution is 2.40. The van der Waals surface area contributed by atoms with Crippen LogP contribution in [0.5, 0.6) is 0 Å². The monoisotopic (exact) mass is 309 g/mol. The maximum Gasteiger partial charge on any atom is 0.343 e. The smallest absolute Gasteiger partial charge is 0.343 e. The van der Waals surface area contributed by atoms with Crippen molar-refractivity contribution in [2.75, 3.05) is 30.3 Å². The molecule has 114 valence electrons. The Morgan fingerprint density at radius 3 is 2.95 bits per heavy atom. The van der Waals surface area contributed by atoms with E-state index in [9.17, 15) is 9.90 Å². The molecule has 1 aliphatic heterocycles. The van der Waals surface area contributed by atoms with Gasteiger partial charge in [-0.25, -0.2) is 4.79 Å². The van der Waals surface area contributed by atoms with Crippen LogP contribution in [-0.4, -0.2) is 36.4 Å². The van der Waals surface area contributed by atoms with Crippen LogP contribution in [0.4, 0.5) is 10.7 Å². The molecule has 0 bridgehead atoms. The second-order valence-electron chi connectivity index (χ2n) is 5.38. The molecule has 1 aliphatic rings. The summed E-state index contributed by atoms with van der Waals surface area (Å²) in [5.41, 5.74) is 5.52. The molecule has 0 aliphatic carbocycles. The van der Waals surface area contributed by atoms with Crippen molar-refractivity contribution >= 4 is 28.0 Å². The molecule has 3 N–H and O–H groups in total. The first kappa shape index (κ1) is 15.6. The van der Waals surface area contributed by atoms with E-state index >= 15 is 0 Å². The van der Waals surface area contributed by atoms with Gasteiger partial charge >= 0.3 is 5.97 Å². The molecular formula is C14H19N3O3S. The molecule has 0 radical (unpaired) electrons. The molecule has 21 heavy (non-hydrogen) atoms. The van der Waals surface area contributed by atoms with E-state index in [0.717, 1.165) is 6.42 Å². The molecular weight excluding hydrogens is 290 g/mol. The van der Waals surface area contributed by atoms with E-state index in [1.165, 1.54) is 11.3 Å². The van der Waals surface area contributed by atoms with E-state index in [2.05, 4.69) is 0 Å². The van der Waals surface area contributed by atoms with Crippen molar-refractivity contribution in [3.05, 3.63) is 10.4 Å². The number of ether oxygens (including phenoxy) is 1. The Morgan fingerprint density at radius 2 is 2.38 bits per heavy atom. The summed E-state index contributed by atoms with van der Waals surface area (Å²) in [5.74, 6) is -0.520. The van der Waals surface area contributed by atoms with E-state index < -0.39 is 11.6 Å². The van der Waals surface area contributed by atoms with E-state index in [1.807, 2.05) is 11.0 Å². The molecule has 1 aromatic rings. The molecule has 1 atom stereocenters. The van der Waals surface area contributed by atoms with E-state index in [-0.39, 0.29) is 17.9 Å². The summed E-state index contributed by atoms with van der Waals surface area (Å²) in [6, 6.07) is 2.01. The number of nitrogens with zero attached hydrogens (tertiary/aromatic N) is 2. The average molecular weight is 309 g/mol. The van der Waals surface area contributed by atoms with E-state index in [0.29, 0.717) is 29.4 Å². The minimum Gasteiger partial charge on any atom is -0.462 e. The first-order chi connectivity index (χ1) is 9.89. The van der Waals surface area contributed by atoms with Gasteiger partial charge in [0.2, 0.25) is 0 Å². The zero-order chi connectivity index (χ0) is 15.6. The summed E-state index contributed by atoms with van der Waals surface area (Å²) in [5, 5.41) is 20.0. The number of nitriles is 1. The van der Waals surface area contributed by atoms with Crippen molar-refractivity contribution < 1.29 is 14.6 Å². The van der Waals surface area contributed by atoms with Gasteiger partial charge in [0.15, 0.2) is 0 Å². The van der Waals surface area contributed by atoms with Crippen molar-refractivity contribution in [3.63, 3.8) is 0 Å². The Kier molecular flexibility index (Phi) is 4.40. The number of thiophene rings is 1. The normalized spacial score (nSPS) is 21.9. The second kappa shape index (κ2) is 5.92. The minimum atomic E-state index is -0.810. The average Bonchev–Trinajstić information content (AvgIpc) is 2.75. The van der Waals surface area contributed by atoms with Gasteiger partial charge in [0, 0.05) is 13.1 Å². The summed E-state index contributed by atoms with van der Waals surface area (Å²) < 4.78 is 5.04. The molecule has 0 aromatic carbocycles. The van der Waals surface area contributed by atoms with Gasteiger partial charge in [0.1, 0.15) is 21.5 Å². The summed E-state index contributed by atoms with van der Waals surface area (Å²) in [4.78, 5) is 14.3. The highest BCUT2D eigenvalue weighted by molar-refractivity contribution is 7.17. The Hall–Kier alpha value is -1.78. The van der Waals surface area contributed by atoms with Gasteiger partial charge in [-0.05, 0) is 26.7 Å². The lowest BCUT2D eigenvalue weighted by atomic mass is 9.95. The first-order valence-corrected chi connectivity index (χ1v) is 7.68. The number of hydrogen-bond donors (Lipinski definition) is 2. The van der Waals surface area contributed by atoms with Crippen molar-refractivity contribution in [2.24, 2.45) is 0 Å². The number of nitrogens with two attached hydrogens (primary N) is 1. The van der Waals surface area contributed by atoms with Gasteiger partial charge in [0.25, 0.3) is 0 Å². The van der Waals surface area contributed by atoms with Gasteiger partial charge in [-0.15, -0.1) is 11.3 Å². The highest BCUT2D eigenvalue weighted by atomic mass is 32.1. The van der Waals surface area contributed by atoms with Crippen LogP contribution in [0.1, 0.15) is 41.9 Å². The van der Waals surface area contributed by atoms with Crippen molar-refractivity contribution in [1.29, 1.82) is 5.26 Å². The molecule has 0 amide bonds. The van der Waals surface area contributed by atoms with Crippen LogP contribution in [0.2, 0.25) is 0 Å². The second-order valence-corrected chi connectivity index (χ2v) is 6.38. The number of aliphatic hydroxyl groups is 1. The van der Waals surface area contributed by atoms with Crippen LogP contribution in [-0.2, 0) is 4.74 Å². The number of nitrogen functional groups attached to an aromatic ring is 1. The maximum atomic E-state index is 12.1. The van der Waals surface area contributed by atoms with Gasteiger partial charge in [-0.3, -0.25) is 0 Å². The minimum absolute atomic E-state index is 0.168. The van der Waals surface area contributed by atoms with Crippen LogP contribution in [0.15, 0.2) is 0 Å². The predicted octanol–water partition coefficient (Wildman–Crippen LogP) is 1.73. The number of anilines is 2. The lowest BCUT2D eigenvalue weighted by Crippen LogP contribution is -2.46. The van der Waals surface area contributed by atoms with Crippen LogP contribution in [0.3, 0.4) is 0 Å². The summed E-state index contributed by atoms with van der Waals surface area (Å²) in [7, 11) is 0. The summed E-state index contributed by atoms with van der Waals surface area (Å²) in [6.45, 7) is 4.85. The van der Waals surface area contributed by atoms with Crippen molar-refractivity contribution in [3.8, 4) is 6.07 Å². The van der Waals surface area contributed by atoms with Crippen LogP contribution < -0.4 is 10.6 Å². The molecule has 1 unspecified atom stereocenters. The maximum absolute atomic E-state index is 12.1. The SMILES string of the molecule is CCOC(=O)c1c(N2CCCC(C)(O)C2)sc(C#N)c1N. The van der Waals surface area contributed by atoms with Gasteiger partial charge < -0.3 is 20.5 Å². The Balaban J connectivity index is 2.43. The summed E-state index contributed by atoms with van der Waals surface area (Å²) in [6.07, 6.45) is 1.53. The molecule has 1 aromatic heterocycles. The Labute approximate surface area is 127 Å². The number of carbonyl (C=O) groups is 1. The number of carbonyl (C=O) groups excluding carboxylic acids is 1. The zero-order valence-electron chi connectivity index (χ0n) is 12.2. The quantitative estimate of drug-likeness (QED) is 0.825. The number of esters is 1. The van der Waals surface area contributed by atoms with Crippen molar-refractivity contribution in [2.45, 2.75) is 32.3 Å². The number of rotatable bonds is 3. The highest BCUT2D eigenvalue weighted by Gasteiger charge is 2.33.